The molecule has 18 heavy (non-hydrogen) atoms. The summed E-state index contributed by atoms with van der Waals surface area (Å²) in [4.78, 5) is 13.5. The van der Waals surface area contributed by atoms with E-state index in [-0.39, 0.29) is 18.7 Å². The van der Waals surface area contributed by atoms with Crippen molar-refractivity contribution in [3.63, 3.8) is 0 Å². The molecule has 2 N–H and O–H groups in total. The highest BCUT2D eigenvalue weighted by Crippen LogP contribution is 2.12. The first-order valence-electron chi connectivity index (χ1n) is 6.38. The van der Waals surface area contributed by atoms with Crippen LogP contribution in [-0.2, 0) is 4.74 Å². The Bertz CT molecular complexity index is 278. The van der Waals surface area contributed by atoms with Crippen LogP contribution in [-0.4, -0.2) is 66.0 Å². The van der Waals surface area contributed by atoms with Gasteiger partial charge in [-0.2, -0.15) is 0 Å². The maximum absolute atomic E-state index is 12.0. The second-order valence-electron chi connectivity index (χ2n) is 5.69. The number of aliphatic hydroxyl groups excluding tert-OH is 1. The first-order valence-corrected chi connectivity index (χ1v) is 6.38. The highest BCUT2D eigenvalue weighted by Gasteiger charge is 2.26. The third-order valence-corrected chi connectivity index (χ3v) is 2.68. The van der Waals surface area contributed by atoms with E-state index in [9.17, 15) is 4.79 Å². The van der Waals surface area contributed by atoms with Crippen molar-refractivity contribution >= 4 is 6.09 Å². The molecule has 0 aromatic carbocycles. The number of carbonyl (C=O) groups is 1. The zero-order valence-corrected chi connectivity index (χ0v) is 11.8. The summed E-state index contributed by atoms with van der Waals surface area (Å²) in [5, 5.41) is 11.0. The van der Waals surface area contributed by atoms with E-state index in [2.05, 4.69) is 5.43 Å². The zero-order chi connectivity index (χ0) is 13.8. The number of hydrogen-bond donors (Lipinski definition) is 2. The Hall–Kier alpha value is -0.850. The minimum atomic E-state index is -0.509. The number of amides is 1. The Kier molecular flexibility index (Phi) is 5.37. The van der Waals surface area contributed by atoms with Crippen LogP contribution in [0.1, 0.15) is 27.2 Å². The summed E-state index contributed by atoms with van der Waals surface area (Å²) >= 11 is 0. The van der Waals surface area contributed by atoms with E-state index in [1.807, 2.05) is 32.8 Å². The maximum Gasteiger partial charge on any atom is 0.410 e. The fourth-order valence-electron chi connectivity index (χ4n) is 1.89. The Morgan fingerprint density at radius 3 is 2.67 bits per heavy atom. The number of ether oxygens (including phenoxy) is 1. The lowest BCUT2D eigenvalue weighted by Gasteiger charge is -2.28. The summed E-state index contributed by atoms with van der Waals surface area (Å²) < 4.78 is 5.32. The van der Waals surface area contributed by atoms with Crippen LogP contribution < -0.4 is 5.43 Å². The van der Waals surface area contributed by atoms with Crippen molar-refractivity contribution in [3.8, 4) is 0 Å². The standard InChI is InChI=1S/C12H25N3O3/c1-12(2,3)18-11(17)15(7-8-16)9-10-5-6-14(4)13-10/h10,13,16H,5-9H2,1-4H3. The fourth-order valence-corrected chi connectivity index (χ4v) is 1.89. The molecular weight excluding hydrogens is 234 g/mol. The average Bonchev–Trinajstić information content (AvgIpc) is 2.61. The third kappa shape index (κ3) is 5.20. The molecule has 6 nitrogen and oxygen atoms in total. The number of rotatable bonds is 4. The molecule has 0 saturated carbocycles. The second-order valence-corrected chi connectivity index (χ2v) is 5.69. The molecule has 106 valence electrons. The summed E-state index contributed by atoms with van der Waals surface area (Å²) in [5.74, 6) is 0. The molecule has 0 aliphatic carbocycles. The Morgan fingerprint density at radius 1 is 1.56 bits per heavy atom. The number of aliphatic hydroxyl groups is 1. The Labute approximate surface area is 109 Å². The predicted octanol–water partition coefficient (Wildman–Crippen LogP) is 0.424. The van der Waals surface area contributed by atoms with Gasteiger partial charge in [-0.05, 0) is 27.2 Å². The first kappa shape index (κ1) is 15.2. The second kappa shape index (κ2) is 6.36. The van der Waals surface area contributed by atoms with Crippen LogP contribution in [0, 0.1) is 0 Å². The van der Waals surface area contributed by atoms with Crippen LogP contribution in [0.15, 0.2) is 0 Å². The minimum absolute atomic E-state index is 0.0538. The van der Waals surface area contributed by atoms with Crippen molar-refractivity contribution in [1.82, 2.24) is 15.3 Å². The first-order chi connectivity index (χ1) is 8.31. The number of nitrogens with zero attached hydrogens (tertiary/aromatic N) is 2. The SMILES string of the molecule is CN1CCC(CN(CCO)C(=O)OC(C)(C)C)N1. The van der Waals surface area contributed by atoms with Gasteiger partial charge in [0.2, 0.25) is 0 Å². The predicted molar refractivity (Wildman–Crippen MR) is 69.1 cm³/mol. The maximum atomic E-state index is 12.0. The van der Waals surface area contributed by atoms with Crippen LogP contribution in [0.25, 0.3) is 0 Å². The summed E-state index contributed by atoms with van der Waals surface area (Å²) in [6, 6.07) is 0.231. The molecule has 1 aliphatic rings. The fraction of sp³-hybridized carbons (Fsp3) is 0.917. The van der Waals surface area contributed by atoms with Gasteiger partial charge in [0.25, 0.3) is 0 Å². The topological polar surface area (TPSA) is 65.0 Å². The monoisotopic (exact) mass is 259 g/mol. The van der Waals surface area contributed by atoms with E-state index in [0.29, 0.717) is 13.1 Å². The molecule has 0 aromatic rings. The Morgan fingerprint density at radius 2 is 2.22 bits per heavy atom. The minimum Gasteiger partial charge on any atom is -0.444 e. The number of nitrogens with one attached hydrogen (secondary N) is 1. The van der Waals surface area contributed by atoms with Gasteiger partial charge < -0.3 is 14.7 Å². The van der Waals surface area contributed by atoms with Crippen molar-refractivity contribution in [2.24, 2.45) is 0 Å². The molecule has 1 fully saturated rings. The quantitative estimate of drug-likeness (QED) is 0.766. The van der Waals surface area contributed by atoms with Gasteiger partial charge in [0.15, 0.2) is 0 Å². The third-order valence-electron chi connectivity index (χ3n) is 2.68. The van der Waals surface area contributed by atoms with Crippen molar-refractivity contribution < 1.29 is 14.6 Å². The van der Waals surface area contributed by atoms with Crippen molar-refractivity contribution in [2.75, 3.05) is 33.3 Å². The van der Waals surface area contributed by atoms with Gasteiger partial charge in [-0.15, -0.1) is 0 Å². The smallest absolute Gasteiger partial charge is 0.410 e. The van der Waals surface area contributed by atoms with Gasteiger partial charge in [0.1, 0.15) is 5.60 Å². The van der Waals surface area contributed by atoms with E-state index in [1.165, 1.54) is 0 Å². The molecule has 6 heteroatoms. The lowest BCUT2D eigenvalue weighted by atomic mass is 10.2. The molecule has 1 aliphatic heterocycles. The lowest BCUT2D eigenvalue weighted by Crippen LogP contribution is -2.46. The van der Waals surface area contributed by atoms with E-state index >= 15 is 0 Å². The van der Waals surface area contributed by atoms with Gasteiger partial charge in [-0.3, -0.25) is 5.43 Å². The molecule has 1 saturated heterocycles. The molecule has 0 radical (unpaired) electrons. The molecule has 1 atom stereocenters. The van der Waals surface area contributed by atoms with Gasteiger partial charge >= 0.3 is 6.09 Å². The van der Waals surface area contributed by atoms with Gasteiger partial charge in [-0.1, -0.05) is 0 Å². The molecule has 1 heterocycles. The van der Waals surface area contributed by atoms with Crippen molar-refractivity contribution in [2.45, 2.75) is 38.8 Å². The number of hydrazine groups is 1. The molecule has 0 aromatic heterocycles. The zero-order valence-electron chi connectivity index (χ0n) is 11.8. The van der Waals surface area contributed by atoms with Gasteiger partial charge in [-0.25, -0.2) is 9.80 Å². The molecule has 0 spiro atoms. The van der Waals surface area contributed by atoms with Gasteiger partial charge in [0, 0.05) is 32.7 Å². The van der Waals surface area contributed by atoms with Crippen LogP contribution in [0.2, 0.25) is 0 Å². The lowest BCUT2D eigenvalue weighted by molar-refractivity contribution is 0.0197. The van der Waals surface area contributed by atoms with E-state index in [0.717, 1.165) is 13.0 Å². The summed E-state index contributed by atoms with van der Waals surface area (Å²) in [6.45, 7) is 7.28. The highest BCUT2D eigenvalue weighted by atomic mass is 16.6. The van der Waals surface area contributed by atoms with Crippen LogP contribution in [0.4, 0.5) is 4.79 Å². The Balaban J connectivity index is 2.50. The van der Waals surface area contributed by atoms with Crippen LogP contribution in [0.5, 0.6) is 0 Å². The number of hydrogen-bond acceptors (Lipinski definition) is 5. The molecule has 1 amide bonds. The molecule has 1 rings (SSSR count). The van der Waals surface area contributed by atoms with Gasteiger partial charge in [0.05, 0.1) is 6.61 Å². The van der Waals surface area contributed by atoms with Crippen molar-refractivity contribution in [3.05, 3.63) is 0 Å². The summed E-state index contributed by atoms with van der Waals surface area (Å²) in [7, 11) is 1.98. The largest absolute Gasteiger partial charge is 0.444 e. The number of carbonyl (C=O) groups excluding carboxylic acids is 1. The molecular formula is C12H25N3O3. The highest BCUT2D eigenvalue weighted by molar-refractivity contribution is 5.68. The molecule has 1 unspecified atom stereocenters. The van der Waals surface area contributed by atoms with Crippen molar-refractivity contribution in [1.29, 1.82) is 0 Å². The average molecular weight is 259 g/mol. The summed E-state index contributed by atoms with van der Waals surface area (Å²) in [5.41, 5.74) is 2.75. The van der Waals surface area contributed by atoms with Crippen LogP contribution >= 0.6 is 0 Å². The van der Waals surface area contributed by atoms with E-state index in [4.69, 9.17) is 9.84 Å². The molecule has 0 bridgehead atoms. The summed E-state index contributed by atoms with van der Waals surface area (Å²) in [6.07, 6.45) is 0.620. The normalized spacial score (nSPS) is 21.1. The van der Waals surface area contributed by atoms with Crippen LogP contribution in [0.3, 0.4) is 0 Å². The van der Waals surface area contributed by atoms with E-state index < -0.39 is 5.60 Å². The van der Waals surface area contributed by atoms with E-state index in [1.54, 1.807) is 4.90 Å².